The lowest BCUT2D eigenvalue weighted by molar-refractivity contribution is -0.120. The molecule has 2 rings (SSSR count). The minimum Gasteiger partial charge on any atom is -0.349 e. The van der Waals surface area contributed by atoms with Crippen molar-refractivity contribution in [2.45, 2.75) is 50.8 Å². The molecule has 2 nitrogen and oxygen atoms in total. The summed E-state index contributed by atoms with van der Waals surface area (Å²) in [7, 11) is 0. The molecule has 0 saturated heterocycles. The minimum absolute atomic E-state index is 0.0165. The Morgan fingerprint density at radius 3 is 2.22 bits per heavy atom. The molecule has 1 amide bonds. The van der Waals surface area contributed by atoms with Crippen molar-refractivity contribution in [2.24, 2.45) is 0 Å². The average Bonchev–Trinajstić information content (AvgIpc) is 2.52. The van der Waals surface area contributed by atoms with E-state index >= 15 is 0 Å². The predicted molar refractivity (Wildman–Crippen MR) is 99.0 cm³/mol. The molecule has 0 aliphatic heterocycles. The molecule has 0 aliphatic carbocycles. The second-order valence-electron chi connectivity index (χ2n) is 6.15. The molecule has 2 aromatic rings. The quantitative estimate of drug-likeness (QED) is 0.786. The Labute approximate surface area is 143 Å². The van der Waals surface area contributed by atoms with Crippen LogP contribution in [0.3, 0.4) is 0 Å². The van der Waals surface area contributed by atoms with Crippen molar-refractivity contribution in [2.75, 3.05) is 0 Å². The molecule has 0 heterocycles. The molecule has 0 aromatic heterocycles. The first-order valence-electron chi connectivity index (χ1n) is 7.97. The lowest BCUT2D eigenvalue weighted by atomic mass is 10.0. The zero-order valence-electron chi connectivity index (χ0n) is 14.5. The van der Waals surface area contributed by atoms with Crippen molar-refractivity contribution < 1.29 is 4.79 Å². The normalized spacial score (nSPS) is 13.4. The molecule has 2 atom stereocenters. The standard InChI is InChI=1S/C20H25NOS/c1-13-6-10-19(11-7-13)23-17(5)20(22)21-16(4)18-9-8-14(2)15(3)12-18/h6-12,16-17H,1-5H3,(H,21,22). The molecule has 1 N–H and O–H groups in total. The van der Waals surface area contributed by atoms with Gasteiger partial charge in [0.15, 0.2) is 0 Å². The highest BCUT2D eigenvalue weighted by Crippen LogP contribution is 2.24. The van der Waals surface area contributed by atoms with Gasteiger partial charge in [0, 0.05) is 4.90 Å². The molecule has 0 aliphatic rings. The highest BCUT2D eigenvalue weighted by molar-refractivity contribution is 8.00. The van der Waals surface area contributed by atoms with Crippen molar-refractivity contribution in [1.82, 2.24) is 5.32 Å². The number of carbonyl (C=O) groups is 1. The zero-order chi connectivity index (χ0) is 17.0. The molecule has 2 aromatic carbocycles. The Hall–Kier alpha value is -1.74. The Morgan fingerprint density at radius 2 is 1.61 bits per heavy atom. The number of rotatable bonds is 5. The molecule has 2 unspecified atom stereocenters. The summed E-state index contributed by atoms with van der Waals surface area (Å²) in [6.45, 7) is 10.2. The molecule has 122 valence electrons. The third-order valence-corrected chi connectivity index (χ3v) is 5.20. The first kappa shape index (κ1) is 17.6. The number of hydrogen-bond acceptors (Lipinski definition) is 2. The maximum Gasteiger partial charge on any atom is 0.233 e. The fourth-order valence-electron chi connectivity index (χ4n) is 2.32. The third-order valence-electron chi connectivity index (χ3n) is 4.09. The van der Waals surface area contributed by atoms with E-state index in [2.05, 4.69) is 68.6 Å². The minimum atomic E-state index is -0.119. The second kappa shape index (κ2) is 7.69. The molecule has 0 bridgehead atoms. The molecule has 23 heavy (non-hydrogen) atoms. The van der Waals surface area contributed by atoms with E-state index in [0.717, 1.165) is 10.5 Å². The maximum atomic E-state index is 12.4. The van der Waals surface area contributed by atoms with Crippen LogP contribution in [0.1, 0.15) is 42.1 Å². The van der Waals surface area contributed by atoms with Gasteiger partial charge in [0.2, 0.25) is 5.91 Å². The van der Waals surface area contributed by atoms with Gasteiger partial charge < -0.3 is 5.32 Å². The number of amides is 1. The number of aryl methyl sites for hydroxylation is 3. The number of benzene rings is 2. The SMILES string of the molecule is Cc1ccc(SC(C)C(=O)NC(C)c2ccc(C)c(C)c2)cc1. The van der Waals surface area contributed by atoms with E-state index in [0.29, 0.717) is 0 Å². The largest absolute Gasteiger partial charge is 0.349 e. The van der Waals surface area contributed by atoms with Gasteiger partial charge in [-0.25, -0.2) is 0 Å². The van der Waals surface area contributed by atoms with Gasteiger partial charge >= 0.3 is 0 Å². The van der Waals surface area contributed by atoms with Crippen molar-refractivity contribution in [1.29, 1.82) is 0 Å². The Balaban J connectivity index is 1.96. The number of thioether (sulfide) groups is 1. The topological polar surface area (TPSA) is 29.1 Å². The second-order valence-corrected chi connectivity index (χ2v) is 7.56. The van der Waals surface area contributed by atoms with E-state index in [4.69, 9.17) is 0 Å². The van der Waals surface area contributed by atoms with E-state index in [1.165, 1.54) is 16.7 Å². The van der Waals surface area contributed by atoms with Gasteiger partial charge in [0.05, 0.1) is 11.3 Å². The fourth-order valence-corrected chi connectivity index (χ4v) is 3.20. The summed E-state index contributed by atoms with van der Waals surface area (Å²) in [6.07, 6.45) is 0. The summed E-state index contributed by atoms with van der Waals surface area (Å²) in [5.41, 5.74) is 4.91. The van der Waals surface area contributed by atoms with Crippen LogP contribution in [0, 0.1) is 20.8 Å². The monoisotopic (exact) mass is 327 g/mol. The van der Waals surface area contributed by atoms with Crippen LogP contribution < -0.4 is 5.32 Å². The van der Waals surface area contributed by atoms with Crippen molar-refractivity contribution >= 4 is 17.7 Å². The van der Waals surface area contributed by atoms with Crippen LogP contribution in [0.4, 0.5) is 0 Å². The molecule has 0 spiro atoms. The summed E-state index contributed by atoms with van der Waals surface area (Å²) < 4.78 is 0. The van der Waals surface area contributed by atoms with E-state index < -0.39 is 0 Å². The fraction of sp³-hybridized carbons (Fsp3) is 0.350. The summed E-state index contributed by atoms with van der Waals surface area (Å²) in [5.74, 6) is 0.0707. The van der Waals surface area contributed by atoms with Crippen molar-refractivity contribution in [3.63, 3.8) is 0 Å². The summed E-state index contributed by atoms with van der Waals surface area (Å²) in [6, 6.07) is 14.6. The highest BCUT2D eigenvalue weighted by atomic mass is 32.2. The molecule has 0 saturated carbocycles. The van der Waals surface area contributed by atoms with Gasteiger partial charge in [-0.15, -0.1) is 11.8 Å². The first-order valence-corrected chi connectivity index (χ1v) is 8.85. The van der Waals surface area contributed by atoms with Crippen LogP contribution in [0.2, 0.25) is 0 Å². The number of hydrogen-bond donors (Lipinski definition) is 1. The average molecular weight is 327 g/mol. The van der Waals surface area contributed by atoms with Crippen LogP contribution in [-0.2, 0) is 4.79 Å². The zero-order valence-corrected chi connectivity index (χ0v) is 15.3. The number of nitrogens with one attached hydrogen (secondary N) is 1. The van der Waals surface area contributed by atoms with Crippen LogP contribution in [-0.4, -0.2) is 11.2 Å². The molecule has 0 radical (unpaired) electrons. The lowest BCUT2D eigenvalue weighted by Crippen LogP contribution is -2.33. The molecular formula is C20H25NOS. The summed E-state index contributed by atoms with van der Waals surface area (Å²) in [5, 5.41) is 3.00. The van der Waals surface area contributed by atoms with Crippen LogP contribution in [0.15, 0.2) is 47.4 Å². The van der Waals surface area contributed by atoms with Crippen molar-refractivity contribution in [3.8, 4) is 0 Å². The molecule has 3 heteroatoms. The smallest absolute Gasteiger partial charge is 0.233 e. The Kier molecular flexibility index (Phi) is 5.89. The lowest BCUT2D eigenvalue weighted by Gasteiger charge is -2.18. The van der Waals surface area contributed by atoms with E-state index in [-0.39, 0.29) is 17.2 Å². The first-order chi connectivity index (χ1) is 10.9. The van der Waals surface area contributed by atoms with E-state index in [9.17, 15) is 4.79 Å². The summed E-state index contributed by atoms with van der Waals surface area (Å²) in [4.78, 5) is 13.5. The van der Waals surface area contributed by atoms with Crippen molar-refractivity contribution in [3.05, 3.63) is 64.7 Å². The third kappa shape index (κ3) is 4.87. The highest BCUT2D eigenvalue weighted by Gasteiger charge is 2.17. The van der Waals surface area contributed by atoms with Gasteiger partial charge in [0.25, 0.3) is 0 Å². The van der Waals surface area contributed by atoms with E-state index in [1.807, 2.05) is 13.8 Å². The number of carbonyl (C=O) groups excluding carboxylic acids is 1. The van der Waals surface area contributed by atoms with Gasteiger partial charge in [-0.2, -0.15) is 0 Å². The predicted octanol–water partition coefficient (Wildman–Crippen LogP) is 4.97. The Morgan fingerprint density at radius 1 is 0.957 bits per heavy atom. The maximum absolute atomic E-state index is 12.4. The molecule has 0 fully saturated rings. The van der Waals surface area contributed by atoms with Gasteiger partial charge in [-0.05, 0) is 63.4 Å². The van der Waals surface area contributed by atoms with Crippen LogP contribution >= 0.6 is 11.8 Å². The van der Waals surface area contributed by atoms with Gasteiger partial charge in [-0.1, -0.05) is 35.9 Å². The summed E-state index contributed by atoms with van der Waals surface area (Å²) >= 11 is 1.59. The molecular weight excluding hydrogens is 302 g/mol. The van der Waals surface area contributed by atoms with Gasteiger partial charge in [0.1, 0.15) is 0 Å². The van der Waals surface area contributed by atoms with Crippen LogP contribution in [0.25, 0.3) is 0 Å². The Bertz CT molecular complexity index is 679. The van der Waals surface area contributed by atoms with Gasteiger partial charge in [-0.3, -0.25) is 4.79 Å². The van der Waals surface area contributed by atoms with E-state index in [1.54, 1.807) is 11.8 Å². The van der Waals surface area contributed by atoms with Crippen LogP contribution in [0.5, 0.6) is 0 Å².